The minimum atomic E-state index is 1.00. The SMILES string of the molecule is C1CCC(CN2CC3CN(C4CC4)CC3C2)CC1. The van der Waals surface area contributed by atoms with E-state index in [0.29, 0.717) is 0 Å². The molecule has 0 aromatic heterocycles. The normalized spacial score (nSPS) is 39.3. The van der Waals surface area contributed by atoms with Gasteiger partial charge in [-0.3, -0.25) is 4.90 Å². The Morgan fingerprint density at radius 1 is 0.722 bits per heavy atom. The van der Waals surface area contributed by atoms with Crippen molar-refractivity contribution in [3.05, 3.63) is 0 Å². The van der Waals surface area contributed by atoms with Crippen molar-refractivity contribution in [1.29, 1.82) is 0 Å². The molecule has 2 saturated heterocycles. The van der Waals surface area contributed by atoms with E-state index in [0.717, 1.165) is 23.8 Å². The van der Waals surface area contributed by atoms with Crippen LogP contribution in [0.25, 0.3) is 0 Å². The Bertz CT molecular complexity index is 279. The number of likely N-dealkylation sites (tertiary alicyclic amines) is 2. The highest BCUT2D eigenvalue weighted by Gasteiger charge is 2.44. The van der Waals surface area contributed by atoms with E-state index in [1.807, 2.05) is 0 Å². The average molecular weight is 248 g/mol. The first-order valence-corrected chi connectivity index (χ1v) is 8.35. The van der Waals surface area contributed by atoms with Crippen LogP contribution >= 0.6 is 0 Å². The van der Waals surface area contributed by atoms with Crippen molar-refractivity contribution in [2.24, 2.45) is 17.8 Å². The van der Waals surface area contributed by atoms with E-state index in [1.165, 1.54) is 77.7 Å². The molecular weight excluding hydrogens is 220 g/mol. The third kappa shape index (κ3) is 2.34. The number of hydrogen-bond donors (Lipinski definition) is 0. The minimum absolute atomic E-state index is 1.00. The predicted octanol–water partition coefficient (Wildman–Crippen LogP) is 2.59. The van der Waals surface area contributed by atoms with Gasteiger partial charge in [-0.05, 0) is 43.4 Å². The molecule has 2 heterocycles. The van der Waals surface area contributed by atoms with Crippen LogP contribution in [0.5, 0.6) is 0 Å². The molecule has 0 aromatic rings. The first-order valence-electron chi connectivity index (χ1n) is 8.35. The number of hydrogen-bond acceptors (Lipinski definition) is 2. The van der Waals surface area contributed by atoms with Gasteiger partial charge < -0.3 is 4.90 Å². The van der Waals surface area contributed by atoms with Gasteiger partial charge >= 0.3 is 0 Å². The molecule has 2 saturated carbocycles. The zero-order valence-electron chi connectivity index (χ0n) is 11.7. The molecule has 2 aliphatic carbocycles. The van der Waals surface area contributed by atoms with Crippen LogP contribution in [0.4, 0.5) is 0 Å². The maximum Gasteiger partial charge on any atom is 0.00966 e. The van der Waals surface area contributed by atoms with Crippen LogP contribution in [0, 0.1) is 17.8 Å². The minimum Gasteiger partial charge on any atom is -0.302 e. The van der Waals surface area contributed by atoms with Gasteiger partial charge in [-0.1, -0.05) is 19.3 Å². The molecule has 2 atom stereocenters. The molecule has 0 radical (unpaired) electrons. The average Bonchev–Trinajstić information content (AvgIpc) is 3.05. The highest BCUT2D eigenvalue weighted by atomic mass is 15.3. The molecule has 4 fully saturated rings. The van der Waals surface area contributed by atoms with Gasteiger partial charge in [0.15, 0.2) is 0 Å². The summed E-state index contributed by atoms with van der Waals surface area (Å²) in [5.41, 5.74) is 0. The Labute approximate surface area is 112 Å². The summed E-state index contributed by atoms with van der Waals surface area (Å²) in [5, 5.41) is 0. The summed E-state index contributed by atoms with van der Waals surface area (Å²) in [4.78, 5) is 5.61. The lowest BCUT2D eigenvalue weighted by atomic mass is 9.89. The van der Waals surface area contributed by atoms with Gasteiger partial charge in [-0.15, -0.1) is 0 Å². The molecule has 2 aliphatic heterocycles. The largest absolute Gasteiger partial charge is 0.302 e. The van der Waals surface area contributed by atoms with E-state index in [9.17, 15) is 0 Å². The molecule has 4 aliphatic rings. The number of fused-ring (bicyclic) bond motifs is 1. The summed E-state index contributed by atoms with van der Waals surface area (Å²) in [7, 11) is 0. The molecule has 0 spiro atoms. The van der Waals surface area contributed by atoms with Crippen molar-refractivity contribution in [3.8, 4) is 0 Å². The van der Waals surface area contributed by atoms with Gasteiger partial charge in [0.2, 0.25) is 0 Å². The van der Waals surface area contributed by atoms with E-state index in [1.54, 1.807) is 0 Å². The topological polar surface area (TPSA) is 6.48 Å². The fourth-order valence-corrected chi connectivity index (χ4v) is 4.75. The Balaban J connectivity index is 1.27. The Kier molecular flexibility index (Phi) is 3.12. The Morgan fingerprint density at radius 2 is 1.39 bits per heavy atom. The third-order valence-corrected chi connectivity index (χ3v) is 5.89. The summed E-state index contributed by atoms with van der Waals surface area (Å²) in [5.74, 6) is 3.08. The molecule has 0 aromatic carbocycles. The van der Waals surface area contributed by atoms with Gasteiger partial charge in [-0.25, -0.2) is 0 Å². The monoisotopic (exact) mass is 248 g/mol. The van der Waals surface area contributed by atoms with Gasteiger partial charge in [-0.2, -0.15) is 0 Å². The Hall–Kier alpha value is -0.0800. The highest BCUT2D eigenvalue weighted by molar-refractivity contribution is 4.98. The van der Waals surface area contributed by atoms with Crippen molar-refractivity contribution in [2.75, 3.05) is 32.7 Å². The quantitative estimate of drug-likeness (QED) is 0.757. The van der Waals surface area contributed by atoms with Gasteiger partial charge in [0.05, 0.1) is 0 Å². The second-order valence-corrected chi connectivity index (χ2v) is 7.43. The Morgan fingerprint density at radius 3 is 2.00 bits per heavy atom. The standard InChI is InChI=1S/C16H28N2/c1-2-4-13(5-3-1)8-17-9-14-11-18(16-6-7-16)12-15(14)10-17/h13-16H,1-12H2. The molecule has 102 valence electrons. The second kappa shape index (κ2) is 4.79. The summed E-state index contributed by atoms with van der Waals surface area (Å²) in [6, 6.07) is 1.00. The van der Waals surface area contributed by atoms with E-state index in [2.05, 4.69) is 9.80 Å². The molecular formula is C16H28N2. The molecule has 4 rings (SSSR count). The van der Waals surface area contributed by atoms with Crippen LogP contribution < -0.4 is 0 Å². The molecule has 0 N–H and O–H groups in total. The fraction of sp³-hybridized carbons (Fsp3) is 1.00. The van der Waals surface area contributed by atoms with Gasteiger partial charge in [0, 0.05) is 38.8 Å². The third-order valence-electron chi connectivity index (χ3n) is 5.89. The summed E-state index contributed by atoms with van der Waals surface area (Å²) in [6.45, 7) is 7.12. The first-order chi connectivity index (χ1) is 8.88. The van der Waals surface area contributed by atoms with Crippen LogP contribution in [0.3, 0.4) is 0 Å². The molecule has 2 nitrogen and oxygen atoms in total. The lowest BCUT2D eigenvalue weighted by Gasteiger charge is -2.28. The van der Waals surface area contributed by atoms with Crippen molar-refractivity contribution in [2.45, 2.75) is 51.0 Å². The van der Waals surface area contributed by atoms with E-state index in [4.69, 9.17) is 0 Å². The smallest absolute Gasteiger partial charge is 0.00966 e. The van der Waals surface area contributed by atoms with E-state index in [-0.39, 0.29) is 0 Å². The van der Waals surface area contributed by atoms with Crippen LogP contribution in [0.15, 0.2) is 0 Å². The van der Waals surface area contributed by atoms with Crippen LogP contribution in [0.1, 0.15) is 44.9 Å². The molecule has 2 unspecified atom stereocenters. The summed E-state index contributed by atoms with van der Waals surface area (Å²) < 4.78 is 0. The van der Waals surface area contributed by atoms with Crippen LogP contribution in [-0.2, 0) is 0 Å². The lowest BCUT2D eigenvalue weighted by Crippen LogP contribution is -2.33. The predicted molar refractivity (Wildman–Crippen MR) is 74.6 cm³/mol. The lowest BCUT2D eigenvalue weighted by molar-refractivity contribution is 0.203. The zero-order valence-corrected chi connectivity index (χ0v) is 11.7. The van der Waals surface area contributed by atoms with E-state index >= 15 is 0 Å². The van der Waals surface area contributed by atoms with E-state index < -0.39 is 0 Å². The summed E-state index contributed by atoms with van der Waals surface area (Å²) in [6.07, 6.45) is 10.5. The van der Waals surface area contributed by atoms with Crippen LogP contribution in [-0.4, -0.2) is 48.6 Å². The van der Waals surface area contributed by atoms with Crippen molar-refractivity contribution in [3.63, 3.8) is 0 Å². The zero-order chi connectivity index (χ0) is 11.9. The van der Waals surface area contributed by atoms with Gasteiger partial charge in [0.25, 0.3) is 0 Å². The molecule has 0 amide bonds. The number of nitrogens with zero attached hydrogens (tertiary/aromatic N) is 2. The van der Waals surface area contributed by atoms with Crippen molar-refractivity contribution < 1.29 is 0 Å². The second-order valence-electron chi connectivity index (χ2n) is 7.43. The summed E-state index contributed by atoms with van der Waals surface area (Å²) >= 11 is 0. The van der Waals surface area contributed by atoms with Crippen molar-refractivity contribution >= 4 is 0 Å². The fourth-order valence-electron chi connectivity index (χ4n) is 4.75. The number of rotatable bonds is 3. The molecule has 18 heavy (non-hydrogen) atoms. The van der Waals surface area contributed by atoms with Gasteiger partial charge in [0.1, 0.15) is 0 Å². The maximum absolute atomic E-state index is 2.82. The maximum atomic E-state index is 2.82. The molecule has 0 bridgehead atoms. The first kappa shape index (κ1) is 11.7. The molecule has 2 heteroatoms. The van der Waals surface area contributed by atoms with Crippen LogP contribution in [0.2, 0.25) is 0 Å². The highest BCUT2D eigenvalue weighted by Crippen LogP contribution is 2.38. The van der Waals surface area contributed by atoms with Crippen molar-refractivity contribution in [1.82, 2.24) is 9.80 Å².